The van der Waals surface area contributed by atoms with Gasteiger partial charge in [-0.05, 0) is 24.6 Å². The average molecular weight is 277 g/mol. The van der Waals surface area contributed by atoms with Gasteiger partial charge in [0, 0.05) is 5.56 Å². The summed E-state index contributed by atoms with van der Waals surface area (Å²) in [5.74, 6) is -2.41. The van der Waals surface area contributed by atoms with E-state index in [9.17, 15) is 28.8 Å². The van der Waals surface area contributed by atoms with Crippen molar-refractivity contribution in [2.24, 2.45) is 0 Å². The molecule has 0 aliphatic carbocycles. The Bertz CT molecular complexity index is 519. The minimum absolute atomic E-state index is 0.0987. The minimum Gasteiger partial charge on any atom is -0.479 e. The Morgan fingerprint density at radius 3 is 2.47 bits per heavy atom. The molecule has 0 aliphatic rings. The lowest BCUT2D eigenvalue weighted by atomic mass is 10.0. The number of alkyl halides is 2. The van der Waals surface area contributed by atoms with Crippen LogP contribution in [0, 0.1) is 17.0 Å². The smallest absolute Gasteiger partial charge is 0.387 e. The molecule has 1 aromatic rings. The Balaban J connectivity index is 3.38. The van der Waals surface area contributed by atoms with Crippen molar-refractivity contribution in [3.05, 3.63) is 33.4 Å². The Morgan fingerprint density at radius 1 is 1.47 bits per heavy atom. The molecule has 7 nitrogen and oxygen atoms in total. The number of aryl methyl sites for hydroxylation is 1. The summed E-state index contributed by atoms with van der Waals surface area (Å²) < 4.78 is 28.3. The first-order valence-corrected chi connectivity index (χ1v) is 4.88. The lowest BCUT2D eigenvalue weighted by Gasteiger charge is -2.11. The summed E-state index contributed by atoms with van der Waals surface area (Å²) in [6.45, 7) is -2.09. The fourth-order valence-corrected chi connectivity index (χ4v) is 1.49. The standard InChI is InChI=1S/C10H9F2NO6/c1-4-2-5(8(14)9(15)16)3-6(19-10(11)12)7(4)13(17)18/h2-3,8,10,14H,1H3,(H,15,16). The second kappa shape index (κ2) is 5.57. The quantitative estimate of drug-likeness (QED) is 0.625. The van der Waals surface area contributed by atoms with Crippen molar-refractivity contribution in [1.82, 2.24) is 0 Å². The summed E-state index contributed by atoms with van der Waals surface area (Å²) in [7, 11) is 0. The van der Waals surface area contributed by atoms with Crippen molar-refractivity contribution < 1.29 is 33.4 Å². The lowest BCUT2D eigenvalue weighted by Crippen LogP contribution is -2.12. The number of nitro benzene ring substituents is 1. The number of nitrogens with zero attached hydrogens (tertiary/aromatic N) is 1. The molecular formula is C10H9F2NO6. The molecule has 0 radical (unpaired) electrons. The number of aliphatic hydroxyl groups excluding tert-OH is 1. The van der Waals surface area contributed by atoms with Gasteiger partial charge in [-0.1, -0.05) is 0 Å². The van der Waals surface area contributed by atoms with Gasteiger partial charge in [0.15, 0.2) is 6.10 Å². The van der Waals surface area contributed by atoms with Crippen molar-refractivity contribution in [2.45, 2.75) is 19.6 Å². The predicted molar refractivity (Wildman–Crippen MR) is 57.1 cm³/mol. The maximum Gasteiger partial charge on any atom is 0.387 e. The number of halogens is 2. The average Bonchev–Trinajstić information content (AvgIpc) is 2.25. The maximum absolute atomic E-state index is 12.2. The van der Waals surface area contributed by atoms with Gasteiger partial charge in [0.05, 0.1) is 4.92 Å². The Hall–Kier alpha value is -2.29. The Kier molecular flexibility index (Phi) is 4.33. The molecule has 1 atom stereocenters. The highest BCUT2D eigenvalue weighted by molar-refractivity contribution is 5.75. The highest BCUT2D eigenvalue weighted by Crippen LogP contribution is 2.35. The zero-order valence-corrected chi connectivity index (χ0v) is 9.54. The van der Waals surface area contributed by atoms with Gasteiger partial charge in [-0.25, -0.2) is 4.79 Å². The van der Waals surface area contributed by atoms with Crippen molar-refractivity contribution >= 4 is 11.7 Å². The fraction of sp³-hybridized carbons (Fsp3) is 0.300. The van der Waals surface area contributed by atoms with Crippen LogP contribution in [0.25, 0.3) is 0 Å². The van der Waals surface area contributed by atoms with Crippen LogP contribution in [0.5, 0.6) is 5.75 Å². The second-order valence-electron chi connectivity index (χ2n) is 3.56. The third-order valence-corrected chi connectivity index (χ3v) is 2.24. The Labute approximate surface area is 105 Å². The molecule has 1 aromatic carbocycles. The van der Waals surface area contributed by atoms with Crippen LogP contribution in [0.4, 0.5) is 14.5 Å². The first-order chi connectivity index (χ1) is 8.73. The summed E-state index contributed by atoms with van der Waals surface area (Å²) in [6.07, 6.45) is -1.99. The molecule has 0 saturated heterocycles. The van der Waals surface area contributed by atoms with Crippen LogP contribution in [-0.2, 0) is 4.79 Å². The van der Waals surface area contributed by atoms with E-state index in [-0.39, 0.29) is 11.1 Å². The first-order valence-electron chi connectivity index (χ1n) is 4.88. The van der Waals surface area contributed by atoms with Crippen LogP contribution in [0.15, 0.2) is 12.1 Å². The molecule has 9 heteroatoms. The number of hydrogen-bond acceptors (Lipinski definition) is 5. The van der Waals surface area contributed by atoms with Crippen LogP contribution in [0.1, 0.15) is 17.2 Å². The number of carboxylic acids is 1. The van der Waals surface area contributed by atoms with Gasteiger partial charge in [-0.2, -0.15) is 8.78 Å². The van der Waals surface area contributed by atoms with E-state index in [2.05, 4.69) is 4.74 Å². The van der Waals surface area contributed by atoms with E-state index in [1.807, 2.05) is 0 Å². The van der Waals surface area contributed by atoms with Gasteiger partial charge in [-0.15, -0.1) is 0 Å². The molecule has 0 aliphatic heterocycles. The number of nitro groups is 1. The molecule has 1 rings (SSSR count). The monoisotopic (exact) mass is 277 g/mol. The molecule has 0 aromatic heterocycles. The van der Waals surface area contributed by atoms with E-state index < -0.39 is 35.0 Å². The van der Waals surface area contributed by atoms with Gasteiger partial charge in [0.25, 0.3) is 0 Å². The van der Waals surface area contributed by atoms with Crippen molar-refractivity contribution in [2.75, 3.05) is 0 Å². The molecule has 0 spiro atoms. The normalized spacial score (nSPS) is 12.3. The zero-order valence-electron chi connectivity index (χ0n) is 9.54. The molecule has 0 saturated carbocycles. The molecule has 104 valence electrons. The highest BCUT2D eigenvalue weighted by Gasteiger charge is 2.26. The van der Waals surface area contributed by atoms with E-state index in [0.717, 1.165) is 6.07 Å². The van der Waals surface area contributed by atoms with Crippen molar-refractivity contribution in [1.29, 1.82) is 0 Å². The van der Waals surface area contributed by atoms with Crippen LogP contribution in [0.3, 0.4) is 0 Å². The highest BCUT2D eigenvalue weighted by atomic mass is 19.3. The molecule has 2 N–H and O–H groups in total. The van der Waals surface area contributed by atoms with E-state index >= 15 is 0 Å². The van der Waals surface area contributed by atoms with E-state index in [4.69, 9.17) is 5.11 Å². The summed E-state index contributed by atoms with van der Waals surface area (Å²) in [5, 5.41) is 28.6. The SMILES string of the molecule is Cc1cc(C(O)C(=O)O)cc(OC(F)F)c1[N+](=O)[O-]. The number of benzene rings is 1. The molecule has 19 heavy (non-hydrogen) atoms. The summed E-state index contributed by atoms with van der Waals surface area (Å²) in [4.78, 5) is 20.4. The molecule has 0 amide bonds. The van der Waals surface area contributed by atoms with Crippen LogP contribution >= 0.6 is 0 Å². The zero-order chi connectivity index (χ0) is 14.7. The number of hydrogen-bond donors (Lipinski definition) is 2. The van der Waals surface area contributed by atoms with E-state index in [1.54, 1.807) is 0 Å². The number of aliphatic hydroxyl groups is 1. The second-order valence-corrected chi connectivity index (χ2v) is 3.56. The number of rotatable bonds is 5. The molecule has 1 unspecified atom stereocenters. The Morgan fingerprint density at radius 2 is 2.05 bits per heavy atom. The predicted octanol–water partition coefficient (Wildman–Crippen LogP) is 1.62. The number of aliphatic carboxylic acids is 1. The van der Waals surface area contributed by atoms with E-state index in [1.165, 1.54) is 6.92 Å². The summed E-state index contributed by atoms with van der Waals surface area (Å²) >= 11 is 0. The number of carbonyl (C=O) groups is 1. The lowest BCUT2D eigenvalue weighted by molar-refractivity contribution is -0.387. The van der Waals surface area contributed by atoms with Crippen LogP contribution < -0.4 is 4.74 Å². The molecule has 0 fully saturated rings. The molecular weight excluding hydrogens is 268 g/mol. The number of carboxylic acid groups (broad SMARTS) is 1. The minimum atomic E-state index is -3.31. The van der Waals surface area contributed by atoms with Gasteiger partial charge in [0.2, 0.25) is 5.75 Å². The third-order valence-electron chi connectivity index (χ3n) is 2.24. The molecule has 0 bridgehead atoms. The van der Waals surface area contributed by atoms with Crippen molar-refractivity contribution in [3.63, 3.8) is 0 Å². The van der Waals surface area contributed by atoms with Crippen LogP contribution in [0.2, 0.25) is 0 Å². The van der Waals surface area contributed by atoms with Gasteiger partial charge in [-0.3, -0.25) is 10.1 Å². The van der Waals surface area contributed by atoms with Gasteiger partial charge >= 0.3 is 18.3 Å². The van der Waals surface area contributed by atoms with Gasteiger partial charge in [0.1, 0.15) is 0 Å². The van der Waals surface area contributed by atoms with Crippen LogP contribution in [-0.4, -0.2) is 27.7 Å². The third kappa shape index (κ3) is 3.35. The van der Waals surface area contributed by atoms with Gasteiger partial charge < -0.3 is 14.9 Å². The van der Waals surface area contributed by atoms with E-state index in [0.29, 0.717) is 6.07 Å². The topological polar surface area (TPSA) is 110 Å². The maximum atomic E-state index is 12.2. The van der Waals surface area contributed by atoms with Crippen molar-refractivity contribution in [3.8, 4) is 5.75 Å². The summed E-state index contributed by atoms with van der Waals surface area (Å²) in [6, 6.07) is 1.73. The first kappa shape index (κ1) is 14.8. The fourth-order valence-electron chi connectivity index (χ4n) is 1.49. The summed E-state index contributed by atoms with van der Waals surface area (Å²) in [5.41, 5.74) is -1.09. The molecule has 0 heterocycles. The number of ether oxygens (including phenoxy) is 1. The largest absolute Gasteiger partial charge is 0.479 e.